The minimum absolute atomic E-state index is 0.264. The summed E-state index contributed by atoms with van der Waals surface area (Å²) in [5.41, 5.74) is 14.4. The number of amides is 1. The van der Waals surface area contributed by atoms with Crippen LogP contribution in [0.15, 0.2) is 6.07 Å². The number of aromatic nitrogens is 1. The first-order chi connectivity index (χ1) is 9.41. The Bertz CT molecular complexity index is 562. The molecule has 1 aromatic heterocycles. The molecule has 0 aliphatic carbocycles. The first-order valence-electron chi connectivity index (χ1n) is 6.33. The van der Waals surface area contributed by atoms with Crippen LogP contribution < -0.4 is 16.4 Å². The number of thiocarbonyl (C=S) groups is 1. The molecule has 1 atom stereocenters. The lowest BCUT2D eigenvalue weighted by Gasteiger charge is -2.36. The van der Waals surface area contributed by atoms with Gasteiger partial charge in [-0.05, 0) is 19.9 Å². The molecule has 2 rings (SSSR count). The summed E-state index contributed by atoms with van der Waals surface area (Å²) in [4.78, 5) is 18.2. The Balaban J connectivity index is 2.54. The predicted molar refractivity (Wildman–Crippen MR) is 80.7 cm³/mol. The van der Waals surface area contributed by atoms with Crippen molar-refractivity contribution in [3.05, 3.63) is 23.0 Å². The van der Waals surface area contributed by atoms with Gasteiger partial charge in [0, 0.05) is 17.9 Å². The first-order valence-corrected chi connectivity index (χ1v) is 6.74. The van der Waals surface area contributed by atoms with E-state index in [1.165, 1.54) is 0 Å². The maximum Gasteiger partial charge on any atom is 0.242 e. The highest BCUT2D eigenvalue weighted by molar-refractivity contribution is 7.80. The molecule has 1 unspecified atom stereocenters. The first kappa shape index (κ1) is 14.7. The van der Waals surface area contributed by atoms with Gasteiger partial charge in [-0.1, -0.05) is 12.2 Å². The lowest BCUT2D eigenvalue weighted by Crippen LogP contribution is -2.53. The molecule has 0 aromatic carbocycles. The van der Waals surface area contributed by atoms with E-state index in [1.807, 2.05) is 24.8 Å². The zero-order valence-corrected chi connectivity index (χ0v) is 12.4. The molecule has 1 aliphatic heterocycles. The Labute approximate surface area is 123 Å². The number of primary amides is 1. The van der Waals surface area contributed by atoms with Crippen LogP contribution in [-0.2, 0) is 9.53 Å². The molecule has 1 aromatic rings. The molecular weight excluding hydrogens is 276 g/mol. The lowest BCUT2D eigenvalue weighted by molar-refractivity contribution is -0.121. The van der Waals surface area contributed by atoms with E-state index in [9.17, 15) is 4.79 Å². The minimum Gasteiger partial charge on any atom is -0.389 e. The Morgan fingerprint density at radius 2 is 2.20 bits per heavy atom. The van der Waals surface area contributed by atoms with Crippen molar-refractivity contribution in [3.63, 3.8) is 0 Å². The molecular formula is C13H18N4O2S. The van der Waals surface area contributed by atoms with Crippen LogP contribution in [0.3, 0.4) is 0 Å². The average Bonchev–Trinajstić information content (AvgIpc) is 2.37. The third kappa shape index (κ3) is 2.73. The van der Waals surface area contributed by atoms with Crippen LogP contribution in [0.2, 0.25) is 0 Å². The number of anilines is 1. The monoisotopic (exact) mass is 294 g/mol. The molecule has 20 heavy (non-hydrogen) atoms. The molecule has 0 radical (unpaired) electrons. The third-order valence-corrected chi connectivity index (χ3v) is 3.52. The van der Waals surface area contributed by atoms with Crippen molar-refractivity contribution in [3.8, 4) is 0 Å². The smallest absolute Gasteiger partial charge is 0.242 e. The summed E-state index contributed by atoms with van der Waals surface area (Å²) < 4.78 is 5.33. The summed E-state index contributed by atoms with van der Waals surface area (Å²) in [6.07, 6.45) is 0. The van der Waals surface area contributed by atoms with E-state index < -0.39 is 11.9 Å². The van der Waals surface area contributed by atoms with Crippen molar-refractivity contribution in [2.45, 2.75) is 19.9 Å². The van der Waals surface area contributed by atoms with Crippen LogP contribution in [0.4, 0.5) is 5.69 Å². The van der Waals surface area contributed by atoms with Crippen molar-refractivity contribution in [1.29, 1.82) is 0 Å². The van der Waals surface area contributed by atoms with Gasteiger partial charge in [-0.25, -0.2) is 0 Å². The van der Waals surface area contributed by atoms with E-state index in [0.717, 1.165) is 17.1 Å². The highest BCUT2D eigenvalue weighted by Gasteiger charge is 2.30. The third-order valence-electron chi connectivity index (χ3n) is 3.32. The fourth-order valence-electron chi connectivity index (χ4n) is 2.47. The molecule has 1 aliphatic rings. The Morgan fingerprint density at radius 3 is 2.80 bits per heavy atom. The standard InChI is InChI=1S/C13H18N4O2S/c1-7-5-9(11(13(15)20)8(2)16-7)17-3-4-19-6-10(17)12(14)18/h5,10H,3-4,6H2,1-2H3,(H2,14,18)(H2,15,20). The van der Waals surface area contributed by atoms with Crippen LogP contribution in [0.5, 0.6) is 0 Å². The normalized spacial score (nSPS) is 18.9. The number of ether oxygens (including phenoxy) is 1. The second-order valence-corrected chi connectivity index (χ2v) is 5.23. The second-order valence-electron chi connectivity index (χ2n) is 4.79. The zero-order chi connectivity index (χ0) is 14.9. The van der Waals surface area contributed by atoms with Gasteiger partial charge in [0.25, 0.3) is 0 Å². The number of nitrogens with two attached hydrogens (primary N) is 2. The zero-order valence-electron chi connectivity index (χ0n) is 11.5. The number of carbonyl (C=O) groups is 1. The van der Waals surface area contributed by atoms with Crippen molar-refractivity contribution in [1.82, 2.24) is 4.98 Å². The number of hydrogen-bond acceptors (Lipinski definition) is 5. The van der Waals surface area contributed by atoms with Gasteiger partial charge >= 0.3 is 0 Å². The Morgan fingerprint density at radius 1 is 1.50 bits per heavy atom. The number of morpholine rings is 1. The fourth-order valence-corrected chi connectivity index (χ4v) is 2.72. The summed E-state index contributed by atoms with van der Waals surface area (Å²) in [5.74, 6) is -0.425. The van der Waals surface area contributed by atoms with Gasteiger partial charge in [0.1, 0.15) is 11.0 Å². The molecule has 4 N–H and O–H groups in total. The number of aryl methyl sites for hydroxylation is 2. The van der Waals surface area contributed by atoms with E-state index in [1.54, 1.807) is 0 Å². The maximum absolute atomic E-state index is 11.6. The number of rotatable bonds is 3. The number of hydrogen-bond donors (Lipinski definition) is 2. The molecule has 1 amide bonds. The molecule has 108 valence electrons. The molecule has 7 heteroatoms. The van der Waals surface area contributed by atoms with Gasteiger partial charge in [0.15, 0.2) is 0 Å². The summed E-state index contributed by atoms with van der Waals surface area (Å²) in [7, 11) is 0. The van der Waals surface area contributed by atoms with E-state index in [0.29, 0.717) is 18.7 Å². The van der Waals surface area contributed by atoms with Gasteiger partial charge in [0.2, 0.25) is 5.91 Å². The van der Waals surface area contributed by atoms with Crippen LogP contribution >= 0.6 is 12.2 Å². The van der Waals surface area contributed by atoms with Crippen LogP contribution in [0.25, 0.3) is 0 Å². The lowest BCUT2D eigenvalue weighted by atomic mass is 10.1. The van der Waals surface area contributed by atoms with Gasteiger partial charge in [0.05, 0.1) is 24.5 Å². The summed E-state index contributed by atoms with van der Waals surface area (Å²) >= 11 is 5.12. The number of pyridine rings is 1. The number of nitrogens with zero attached hydrogens (tertiary/aromatic N) is 2. The van der Waals surface area contributed by atoms with Gasteiger partial charge < -0.3 is 21.1 Å². The topological polar surface area (TPSA) is 94.5 Å². The van der Waals surface area contributed by atoms with Gasteiger partial charge in [-0.3, -0.25) is 9.78 Å². The quantitative estimate of drug-likeness (QED) is 0.763. The predicted octanol–water partition coefficient (Wildman–Crippen LogP) is 0.0231. The largest absolute Gasteiger partial charge is 0.389 e. The second kappa shape index (κ2) is 5.72. The highest BCUT2D eigenvalue weighted by atomic mass is 32.1. The van der Waals surface area contributed by atoms with E-state index >= 15 is 0 Å². The maximum atomic E-state index is 11.6. The molecule has 1 saturated heterocycles. The SMILES string of the molecule is Cc1cc(N2CCOCC2C(N)=O)c(C(N)=S)c(C)n1. The van der Waals surface area contributed by atoms with Crippen molar-refractivity contribution in [2.24, 2.45) is 11.5 Å². The Hall–Kier alpha value is -1.73. The molecule has 0 saturated carbocycles. The van der Waals surface area contributed by atoms with E-state index in [4.69, 9.17) is 28.4 Å². The summed E-state index contributed by atoms with van der Waals surface area (Å²) in [5, 5.41) is 0. The summed E-state index contributed by atoms with van der Waals surface area (Å²) in [6, 6.07) is 1.36. The summed E-state index contributed by atoms with van der Waals surface area (Å²) in [6.45, 7) is 5.10. The molecule has 2 heterocycles. The molecule has 6 nitrogen and oxygen atoms in total. The fraction of sp³-hybridized carbons (Fsp3) is 0.462. The van der Waals surface area contributed by atoms with E-state index in [-0.39, 0.29) is 11.6 Å². The number of carbonyl (C=O) groups excluding carboxylic acids is 1. The van der Waals surface area contributed by atoms with Crippen molar-refractivity contribution < 1.29 is 9.53 Å². The van der Waals surface area contributed by atoms with Gasteiger partial charge in [-0.15, -0.1) is 0 Å². The van der Waals surface area contributed by atoms with Crippen LogP contribution in [0.1, 0.15) is 17.0 Å². The van der Waals surface area contributed by atoms with Crippen molar-refractivity contribution in [2.75, 3.05) is 24.7 Å². The molecule has 0 spiro atoms. The highest BCUT2D eigenvalue weighted by Crippen LogP contribution is 2.27. The van der Waals surface area contributed by atoms with Gasteiger partial charge in [-0.2, -0.15) is 0 Å². The van der Waals surface area contributed by atoms with Crippen LogP contribution in [0, 0.1) is 13.8 Å². The Kier molecular flexibility index (Phi) is 4.20. The molecule has 0 bridgehead atoms. The van der Waals surface area contributed by atoms with E-state index in [2.05, 4.69) is 4.98 Å². The minimum atomic E-state index is -0.516. The average molecular weight is 294 g/mol. The van der Waals surface area contributed by atoms with Crippen molar-refractivity contribution >= 4 is 28.8 Å². The van der Waals surface area contributed by atoms with Crippen LogP contribution in [-0.4, -0.2) is 41.7 Å². The molecule has 1 fully saturated rings.